The van der Waals surface area contributed by atoms with Gasteiger partial charge in [0.05, 0.1) is 0 Å². The summed E-state index contributed by atoms with van der Waals surface area (Å²) >= 11 is 0. The zero-order chi connectivity index (χ0) is 9.54. The number of benzene rings is 1. The van der Waals surface area contributed by atoms with Crippen molar-refractivity contribution in [1.82, 2.24) is 9.38 Å². The summed E-state index contributed by atoms with van der Waals surface area (Å²) in [5.74, 6) is -0.228. The van der Waals surface area contributed by atoms with Crippen molar-refractivity contribution in [3.05, 3.63) is 48.7 Å². The molecule has 0 radical (unpaired) electrons. The Morgan fingerprint density at radius 2 is 2.07 bits per heavy atom. The fraction of sp³-hybridized carbons (Fsp3) is 0. The molecular formula is C11H7FN2. The van der Waals surface area contributed by atoms with Crippen LogP contribution in [0.5, 0.6) is 0 Å². The lowest BCUT2D eigenvalue weighted by atomic mass is 10.2. The van der Waals surface area contributed by atoms with E-state index in [1.165, 1.54) is 12.1 Å². The molecule has 0 aliphatic rings. The molecule has 3 rings (SSSR count). The number of fused-ring (bicyclic) bond motifs is 3. The third-order valence-electron chi connectivity index (χ3n) is 2.34. The van der Waals surface area contributed by atoms with E-state index in [2.05, 4.69) is 4.98 Å². The molecule has 1 aromatic carbocycles. The van der Waals surface area contributed by atoms with E-state index < -0.39 is 0 Å². The first kappa shape index (κ1) is 7.50. The van der Waals surface area contributed by atoms with Gasteiger partial charge in [-0.15, -0.1) is 0 Å². The molecule has 0 amide bonds. The van der Waals surface area contributed by atoms with Crippen LogP contribution in [-0.2, 0) is 0 Å². The molecule has 2 nitrogen and oxygen atoms in total. The quantitative estimate of drug-likeness (QED) is 0.527. The highest BCUT2D eigenvalue weighted by molar-refractivity contribution is 5.93. The van der Waals surface area contributed by atoms with Crippen molar-refractivity contribution in [2.24, 2.45) is 0 Å². The number of hydrogen-bond donors (Lipinski definition) is 0. The summed E-state index contributed by atoms with van der Waals surface area (Å²) in [4.78, 5) is 4.18. The molecule has 0 atom stereocenters. The third-order valence-corrected chi connectivity index (χ3v) is 2.34. The summed E-state index contributed by atoms with van der Waals surface area (Å²) in [6.45, 7) is 0. The number of pyridine rings is 1. The van der Waals surface area contributed by atoms with Gasteiger partial charge in [0, 0.05) is 24.0 Å². The van der Waals surface area contributed by atoms with Gasteiger partial charge in [-0.05, 0) is 23.6 Å². The largest absolute Gasteiger partial charge is 0.307 e. The monoisotopic (exact) mass is 186 g/mol. The fourth-order valence-corrected chi connectivity index (χ4v) is 1.67. The van der Waals surface area contributed by atoms with Gasteiger partial charge < -0.3 is 4.40 Å². The van der Waals surface area contributed by atoms with Crippen molar-refractivity contribution < 1.29 is 4.39 Å². The van der Waals surface area contributed by atoms with Crippen LogP contribution in [0.2, 0.25) is 0 Å². The lowest BCUT2D eigenvalue weighted by molar-refractivity contribution is 0.630. The second-order valence-corrected chi connectivity index (χ2v) is 3.21. The normalized spacial score (nSPS) is 11.2. The highest BCUT2D eigenvalue weighted by Crippen LogP contribution is 2.19. The zero-order valence-electron chi connectivity index (χ0n) is 7.31. The second-order valence-electron chi connectivity index (χ2n) is 3.21. The molecule has 3 aromatic rings. The van der Waals surface area contributed by atoms with Crippen molar-refractivity contribution in [2.45, 2.75) is 0 Å². The first-order valence-electron chi connectivity index (χ1n) is 4.35. The third kappa shape index (κ3) is 0.923. The minimum absolute atomic E-state index is 0.228. The maximum Gasteiger partial charge on any atom is 0.144 e. The van der Waals surface area contributed by atoms with Crippen LogP contribution in [0.1, 0.15) is 0 Å². The summed E-state index contributed by atoms with van der Waals surface area (Å²) in [6.07, 6.45) is 5.47. The number of hydrogen-bond acceptors (Lipinski definition) is 1. The molecule has 2 aromatic heterocycles. The number of halogens is 1. The van der Waals surface area contributed by atoms with E-state index in [1.807, 2.05) is 22.9 Å². The van der Waals surface area contributed by atoms with Crippen LogP contribution in [0.25, 0.3) is 16.4 Å². The lowest BCUT2D eigenvalue weighted by Crippen LogP contribution is -1.85. The van der Waals surface area contributed by atoms with Crippen LogP contribution in [0.3, 0.4) is 0 Å². The van der Waals surface area contributed by atoms with E-state index in [0.717, 1.165) is 16.4 Å². The van der Waals surface area contributed by atoms with Gasteiger partial charge in [-0.2, -0.15) is 0 Å². The summed E-state index contributed by atoms with van der Waals surface area (Å²) < 4.78 is 14.9. The van der Waals surface area contributed by atoms with Gasteiger partial charge in [0.25, 0.3) is 0 Å². The zero-order valence-corrected chi connectivity index (χ0v) is 7.31. The van der Waals surface area contributed by atoms with E-state index in [0.29, 0.717) is 0 Å². The first-order chi connectivity index (χ1) is 6.84. The number of aromatic nitrogens is 2. The van der Waals surface area contributed by atoms with Crippen molar-refractivity contribution in [3.63, 3.8) is 0 Å². The molecule has 0 saturated carbocycles. The highest BCUT2D eigenvalue weighted by atomic mass is 19.1. The minimum Gasteiger partial charge on any atom is -0.307 e. The molecule has 2 heterocycles. The Labute approximate surface area is 79.6 Å². The van der Waals surface area contributed by atoms with Crippen LogP contribution in [-0.4, -0.2) is 9.38 Å². The number of rotatable bonds is 0. The van der Waals surface area contributed by atoms with Gasteiger partial charge in [-0.1, -0.05) is 6.07 Å². The molecule has 0 unspecified atom stereocenters. The molecule has 0 bridgehead atoms. The van der Waals surface area contributed by atoms with Crippen LogP contribution in [0.4, 0.5) is 4.39 Å². The van der Waals surface area contributed by atoms with E-state index in [-0.39, 0.29) is 5.82 Å². The average Bonchev–Trinajstić information content (AvgIpc) is 2.65. The molecule has 3 heteroatoms. The summed E-state index contributed by atoms with van der Waals surface area (Å²) in [5, 5.41) is 1.85. The molecular weight excluding hydrogens is 179 g/mol. The van der Waals surface area contributed by atoms with Crippen LogP contribution in [0, 0.1) is 5.82 Å². The van der Waals surface area contributed by atoms with Crippen LogP contribution < -0.4 is 0 Å². The number of nitrogens with zero attached hydrogens (tertiary/aromatic N) is 2. The lowest BCUT2D eigenvalue weighted by Gasteiger charge is -1.99. The Morgan fingerprint density at radius 1 is 1.14 bits per heavy atom. The molecule has 0 N–H and O–H groups in total. The van der Waals surface area contributed by atoms with Crippen molar-refractivity contribution in [1.29, 1.82) is 0 Å². The molecule has 0 aliphatic carbocycles. The highest BCUT2D eigenvalue weighted by Gasteiger charge is 2.01. The van der Waals surface area contributed by atoms with Crippen LogP contribution >= 0.6 is 0 Å². The van der Waals surface area contributed by atoms with Gasteiger partial charge in [-0.25, -0.2) is 9.37 Å². The number of imidazole rings is 1. The van der Waals surface area contributed by atoms with Gasteiger partial charge >= 0.3 is 0 Å². The molecule has 68 valence electrons. The Morgan fingerprint density at radius 3 is 3.00 bits per heavy atom. The molecule has 0 fully saturated rings. The van der Waals surface area contributed by atoms with Crippen molar-refractivity contribution >= 4 is 16.4 Å². The smallest absolute Gasteiger partial charge is 0.144 e. The summed E-state index contributed by atoms with van der Waals surface area (Å²) in [7, 11) is 0. The first-order valence-corrected chi connectivity index (χ1v) is 4.35. The Hall–Kier alpha value is -1.90. The predicted octanol–water partition coefficient (Wildman–Crippen LogP) is 2.63. The maximum atomic E-state index is 13.0. The maximum absolute atomic E-state index is 13.0. The predicted molar refractivity (Wildman–Crippen MR) is 52.7 cm³/mol. The Balaban J connectivity index is 2.60. The SMILES string of the molecule is Fc1ccc2ccn3ccnc3c2c1. The standard InChI is InChI=1S/C11H7FN2/c12-9-2-1-8-3-5-14-6-4-13-11(14)10(8)7-9/h1-7H. The molecule has 14 heavy (non-hydrogen) atoms. The van der Waals surface area contributed by atoms with Crippen LogP contribution in [0.15, 0.2) is 42.9 Å². The van der Waals surface area contributed by atoms with Gasteiger partial charge in [0.15, 0.2) is 0 Å². The molecule has 0 saturated heterocycles. The fourth-order valence-electron chi connectivity index (χ4n) is 1.67. The Kier molecular flexibility index (Phi) is 1.36. The van der Waals surface area contributed by atoms with Crippen molar-refractivity contribution in [2.75, 3.05) is 0 Å². The molecule has 0 aliphatic heterocycles. The van der Waals surface area contributed by atoms with Crippen molar-refractivity contribution in [3.8, 4) is 0 Å². The van der Waals surface area contributed by atoms with E-state index in [4.69, 9.17) is 0 Å². The average molecular weight is 186 g/mol. The molecule has 0 spiro atoms. The summed E-state index contributed by atoms with van der Waals surface area (Å²) in [6, 6.07) is 6.68. The van der Waals surface area contributed by atoms with Gasteiger partial charge in [0.2, 0.25) is 0 Å². The van der Waals surface area contributed by atoms with E-state index in [9.17, 15) is 4.39 Å². The van der Waals surface area contributed by atoms with E-state index in [1.54, 1.807) is 12.3 Å². The van der Waals surface area contributed by atoms with Gasteiger partial charge in [0.1, 0.15) is 11.5 Å². The Bertz CT molecular complexity index is 613. The minimum atomic E-state index is -0.228. The van der Waals surface area contributed by atoms with E-state index >= 15 is 0 Å². The topological polar surface area (TPSA) is 17.3 Å². The summed E-state index contributed by atoms with van der Waals surface area (Å²) in [5.41, 5.74) is 0.794. The second kappa shape index (κ2) is 2.54. The van der Waals surface area contributed by atoms with Gasteiger partial charge in [-0.3, -0.25) is 0 Å².